The number of H-pyrrole nitrogens is 1. The summed E-state index contributed by atoms with van der Waals surface area (Å²) in [5.74, 6) is -0.566. The summed E-state index contributed by atoms with van der Waals surface area (Å²) >= 11 is 5.96. The largest absolute Gasteiger partial charge is 0.383 e. The monoisotopic (exact) mass is 424 g/mol. The molecule has 0 unspecified atom stereocenters. The summed E-state index contributed by atoms with van der Waals surface area (Å²) in [5, 5.41) is 13.3. The lowest BCUT2D eigenvalue weighted by Gasteiger charge is -2.21. The number of hydrogen-bond donors (Lipinski definition) is 3. The number of halogens is 1. The molecule has 0 fully saturated rings. The molecule has 0 aliphatic heterocycles. The van der Waals surface area contributed by atoms with E-state index in [9.17, 15) is 24.5 Å². The normalized spacial score (nSPS) is 10.6. The fraction of sp³-hybridized carbons (Fsp3) is 0.353. The van der Waals surface area contributed by atoms with Gasteiger partial charge in [0.2, 0.25) is 5.91 Å². The van der Waals surface area contributed by atoms with Gasteiger partial charge in [-0.1, -0.05) is 24.9 Å². The molecule has 2 aromatic rings. The zero-order chi connectivity index (χ0) is 21.7. The topological polar surface area (TPSA) is 156 Å². The number of nitro benzene ring substituents is 1. The van der Waals surface area contributed by atoms with Gasteiger partial charge in [0.15, 0.2) is 0 Å². The maximum absolute atomic E-state index is 12.3. The predicted molar refractivity (Wildman–Crippen MR) is 111 cm³/mol. The van der Waals surface area contributed by atoms with Crippen molar-refractivity contribution in [3.05, 3.63) is 54.2 Å². The van der Waals surface area contributed by atoms with Crippen LogP contribution in [-0.4, -0.2) is 34.0 Å². The van der Waals surface area contributed by atoms with E-state index in [1.54, 1.807) is 0 Å². The Morgan fingerprint density at radius 2 is 2.10 bits per heavy atom. The molecule has 156 valence electrons. The Morgan fingerprint density at radius 3 is 2.69 bits per heavy atom. The Labute approximate surface area is 170 Å². The number of amides is 1. The van der Waals surface area contributed by atoms with E-state index >= 15 is 0 Å². The van der Waals surface area contributed by atoms with Gasteiger partial charge in [-0.15, -0.1) is 0 Å². The summed E-state index contributed by atoms with van der Waals surface area (Å²) < 4.78 is 1.25. The van der Waals surface area contributed by atoms with E-state index in [2.05, 4.69) is 10.3 Å². The molecular formula is C17H21ClN6O5. The molecule has 0 saturated heterocycles. The second kappa shape index (κ2) is 9.24. The first-order chi connectivity index (χ1) is 13.6. The summed E-state index contributed by atoms with van der Waals surface area (Å²) in [6, 6.07) is 3.63. The molecule has 12 heteroatoms. The van der Waals surface area contributed by atoms with E-state index in [-0.39, 0.29) is 34.4 Å². The third kappa shape index (κ3) is 5.13. The number of non-ortho nitro benzene ring substituents is 1. The van der Waals surface area contributed by atoms with Crippen LogP contribution in [0.4, 0.5) is 22.9 Å². The molecule has 0 aliphatic rings. The number of aromatic nitrogens is 2. The van der Waals surface area contributed by atoms with Crippen molar-refractivity contribution in [3.8, 4) is 0 Å². The number of aromatic amines is 1. The van der Waals surface area contributed by atoms with Gasteiger partial charge in [-0.3, -0.25) is 29.3 Å². The van der Waals surface area contributed by atoms with Gasteiger partial charge >= 0.3 is 5.69 Å². The number of nitrogens with zero attached hydrogens (tertiary/aromatic N) is 3. The van der Waals surface area contributed by atoms with Crippen LogP contribution in [0.25, 0.3) is 0 Å². The molecule has 1 amide bonds. The first kappa shape index (κ1) is 22.0. The second-order valence-electron chi connectivity index (χ2n) is 6.32. The van der Waals surface area contributed by atoms with Gasteiger partial charge in [0.1, 0.15) is 11.5 Å². The van der Waals surface area contributed by atoms with Crippen molar-refractivity contribution in [2.24, 2.45) is 0 Å². The number of nitrogen functional groups attached to an aromatic ring is 1. The molecule has 0 atom stereocenters. The van der Waals surface area contributed by atoms with Gasteiger partial charge in [-0.2, -0.15) is 0 Å². The Balaban J connectivity index is 2.21. The van der Waals surface area contributed by atoms with Crippen molar-refractivity contribution in [3.63, 3.8) is 0 Å². The van der Waals surface area contributed by atoms with Gasteiger partial charge in [0.05, 0.1) is 22.2 Å². The molecule has 1 aromatic carbocycles. The molecule has 11 nitrogen and oxygen atoms in total. The van der Waals surface area contributed by atoms with E-state index in [4.69, 9.17) is 17.3 Å². The number of benzene rings is 1. The van der Waals surface area contributed by atoms with Gasteiger partial charge in [-0.05, 0) is 12.5 Å². The Hall–Kier alpha value is -3.34. The first-order valence-corrected chi connectivity index (χ1v) is 9.11. The highest BCUT2D eigenvalue weighted by atomic mass is 35.5. The summed E-state index contributed by atoms with van der Waals surface area (Å²) in [5.41, 5.74) is 4.66. The van der Waals surface area contributed by atoms with Crippen molar-refractivity contribution >= 4 is 40.4 Å². The highest BCUT2D eigenvalue weighted by Gasteiger charge is 2.19. The lowest BCUT2D eigenvalue weighted by molar-refractivity contribution is -0.384. The van der Waals surface area contributed by atoms with Crippen LogP contribution < -0.4 is 27.2 Å². The van der Waals surface area contributed by atoms with Gasteiger partial charge in [0.25, 0.3) is 11.2 Å². The molecule has 0 radical (unpaired) electrons. The summed E-state index contributed by atoms with van der Waals surface area (Å²) in [4.78, 5) is 50.2. The van der Waals surface area contributed by atoms with E-state index in [0.717, 1.165) is 12.5 Å². The average molecular weight is 425 g/mol. The van der Waals surface area contributed by atoms with Crippen LogP contribution in [0, 0.1) is 10.1 Å². The number of nitrogens with two attached hydrogens (primary N) is 1. The van der Waals surface area contributed by atoms with E-state index in [1.807, 2.05) is 6.92 Å². The number of rotatable bonds is 8. The van der Waals surface area contributed by atoms with E-state index in [1.165, 1.54) is 28.6 Å². The number of nitrogens with one attached hydrogen (secondary N) is 2. The van der Waals surface area contributed by atoms with Gasteiger partial charge < -0.3 is 16.0 Å². The lowest BCUT2D eigenvalue weighted by Crippen LogP contribution is -2.39. The van der Waals surface area contributed by atoms with Crippen LogP contribution in [0.2, 0.25) is 5.02 Å². The first-order valence-electron chi connectivity index (χ1n) is 8.73. The number of hydrogen-bond acceptors (Lipinski definition) is 7. The van der Waals surface area contributed by atoms with Crippen molar-refractivity contribution < 1.29 is 9.72 Å². The molecule has 2 rings (SSSR count). The van der Waals surface area contributed by atoms with Crippen LogP contribution in [0.5, 0.6) is 0 Å². The number of unbranched alkanes of at least 4 members (excludes halogenated alkanes) is 1. The van der Waals surface area contributed by atoms with Crippen LogP contribution in [0.3, 0.4) is 0 Å². The zero-order valence-electron chi connectivity index (χ0n) is 15.9. The van der Waals surface area contributed by atoms with Gasteiger partial charge in [0, 0.05) is 25.7 Å². The molecule has 0 aliphatic carbocycles. The Kier molecular flexibility index (Phi) is 6.99. The number of anilines is 3. The third-order valence-electron chi connectivity index (χ3n) is 4.15. The maximum atomic E-state index is 12.3. The lowest BCUT2D eigenvalue weighted by atomic mass is 10.2. The highest BCUT2D eigenvalue weighted by Crippen LogP contribution is 2.26. The van der Waals surface area contributed by atoms with E-state index < -0.39 is 22.1 Å². The predicted octanol–water partition coefficient (Wildman–Crippen LogP) is 1.56. The smallest absolute Gasteiger partial charge is 0.330 e. The van der Waals surface area contributed by atoms with Crippen LogP contribution in [0.1, 0.15) is 19.8 Å². The minimum absolute atomic E-state index is 0.000629. The van der Waals surface area contributed by atoms with Crippen LogP contribution >= 0.6 is 11.6 Å². The quantitative estimate of drug-likeness (QED) is 0.428. The van der Waals surface area contributed by atoms with Crippen molar-refractivity contribution in [1.82, 2.24) is 9.55 Å². The Morgan fingerprint density at radius 1 is 1.41 bits per heavy atom. The molecule has 0 spiro atoms. The summed E-state index contributed by atoms with van der Waals surface area (Å²) in [6.45, 7) is 2.02. The van der Waals surface area contributed by atoms with E-state index in [0.29, 0.717) is 13.0 Å². The summed E-state index contributed by atoms with van der Waals surface area (Å²) in [6.07, 6.45) is 1.52. The van der Waals surface area contributed by atoms with Crippen molar-refractivity contribution in [1.29, 1.82) is 0 Å². The fourth-order valence-electron chi connectivity index (χ4n) is 2.69. The third-order valence-corrected chi connectivity index (χ3v) is 4.46. The number of carbonyl (C=O) groups is 1. The minimum atomic E-state index is -0.705. The van der Waals surface area contributed by atoms with Crippen molar-refractivity contribution in [2.45, 2.75) is 26.3 Å². The highest BCUT2D eigenvalue weighted by molar-refractivity contribution is 6.34. The second-order valence-corrected chi connectivity index (χ2v) is 6.73. The molecule has 0 bridgehead atoms. The van der Waals surface area contributed by atoms with Crippen LogP contribution in [0.15, 0.2) is 27.8 Å². The van der Waals surface area contributed by atoms with Crippen LogP contribution in [-0.2, 0) is 11.3 Å². The molecule has 1 aromatic heterocycles. The number of likely N-dealkylation sites (N-methyl/N-ethyl adjacent to an activating group) is 1. The molecule has 29 heavy (non-hydrogen) atoms. The average Bonchev–Trinajstić information content (AvgIpc) is 2.62. The maximum Gasteiger partial charge on any atom is 0.330 e. The molecule has 1 heterocycles. The minimum Gasteiger partial charge on any atom is -0.383 e. The SMILES string of the molecule is CCCCn1c(N)c(N(C)CC(=O)Nc2ccc([N+](=O)[O-])cc2Cl)c(=O)[nH]c1=O. The summed E-state index contributed by atoms with van der Waals surface area (Å²) in [7, 11) is 1.48. The van der Waals surface area contributed by atoms with Gasteiger partial charge in [-0.25, -0.2) is 4.79 Å². The fourth-order valence-corrected chi connectivity index (χ4v) is 2.91. The number of nitro groups is 1. The standard InChI is InChI=1S/C17H21ClN6O5/c1-3-4-7-23-15(19)14(16(26)21-17(23)27)22(2)9-13(25)20-12-6-5-10(24(28)29)8-11(12)18/h5-6,8H,3-4,7,9,19H2,1-2H3,(H,20,25)(H,21,26,27). The Bertz CT molecular complexity index is 1050. The molecule has 4 N–H and O–H groups in total. The zero-order valence-corrected chi connectivity index (χ0v) is 16.7. The molecule has 0 saturated carbocycles. The molecular weight excluding hydrogens is 404 g/mol. The van der Waals surface area contributed by atoms with Crippen molar-refractivity contribution in [2.75, 3.05) is 29.5 Å². The number of carbonyl (C=O) groups excluding carboxylic acids is 1.